The number of halogens is 1. The van der Waals surface area contributed by atoms with Crippen molar-refractivity contribution in [3.8, 4) is 0 Å². The normalized spacial score (nSPS) is 14.7. The first-order valence-corrected chi connectivity index (χ1v) is 9.53. The molecule has 2 aromatic rings. The molecular formula is C17H20IN5. The van der Waals surface area contributed by atoms with E-state index in [2.05, 4.69) is 53.6 Å². The molecule has 0 saturated heterocycles. The highest BCUT2D eigenvalue weighted by Gasteiger charge is 2.14. The summed E-state index contributed by atoms with van der Waals surface area (Å²) in [4.78, 5) is 2.07. The molecule has 23 heavy (non-hydrogen) atoms. The van der Waals surface area contributed by atoms with Gasteiger partial charge < -0.3 is 4.90 Å². The third-order valence-electron chi connectivity index (χ3n) is 3.73. The number of fused-ring (bicyclic) bond motifs is 1. The summed E-state index contributed by atoms with van der Waals surface area (Å²) in [5, 5.41) is 10.9. The van der Waals surface area contributed by atoms with Crippen molar-refractivity contribution in [3.63, 3.8) is 0 Å². The van der Waals surface area contributed by atoms with Crippen molar-refractivity contribution >= 4 is 47.8 Å². The van der Waals surface area contributed by atoms with Crippen LogP contribution in [0.3, 0.4) is 0 Å². The van der Waals surface area contributed by atoms with Crippen LogP contribution in [-0.4, -0.2) is 35.4 Å². The lowest BCUT2D eigenvalue weighted by molar-refractivity contribution is 0.595. The Balaban J connectivity index is 1.82. The molecule has 5 nitrogen and oxygen atoms in total. The van der Waals surface area contributed by atoms with E-state index in [0.717, 1.165) is 17.1 Å². The Labute approximate surface area is 147 Å². The molecule has 1 aliphatic rings. The molecule has 1 aliphatic heterocycles. The zero-order valence-electron chi connectivity index (χ0n) is 13.7. The maximum absolute atomic E-state index is 4.38. The lowest BCUT2D eigenvalue weighted by atomic mass is 10.2. The zero-order chi connectivity index (χ0) is 16.4. The molecule has 3 rings (SSSR count). The van der Waals surface area contributed by atoms with E-state index >= 15 is 0 Å². The van der Waals surface area contributed by atoms with Gasteiger partial charge in [0.2, 0.25) is 0 Å². The van der Waals surface area contributed by atoms with Gasteiger partial charge in [-0.25, -0.2) is 0 Å². The van der Waals surface area contributed by atoms with Crippen molar-refractivity contribution in [2.45, 2.75) is 0 Å². The van der Waals surface area contributed by atoms with Crippen LogP contribution in [0.4, 0.5) is 22.7 Å². The van der Waals surface area contributed by atoms with Crippen LogP contribution in [0.25, 0.3) is 0 Å². The number of anilines is 2. The SMILES string of the molecule is CN(C)c1ccc(N=Nc2ccc3c(c2)N(C)N(C)I=C3)cc1. The fourth-order valence-electron chi connectivity index (χ4n) is 2.24. The number of hydrogen-bond donors (Lipinski definition) is 0. The number of azo groups is 1. The lowest BCUT2D eigenvalue weighted by Crippen LogP contribution is -2.31. The number of benzene rings is 2. The highest BCUT2D eigenvalue weighted by molar-refractivity contribution is 14.2. The van der Waals surface area contributed by atoms with Gasteiger partial charge in [-0.2, -0.15) is 13.5 Å². The van der Waals surface area contributed by atoms with Crippen molar-refractivity contribution in [2.24, 2.45) is 10.2 Å². The minimum Gasteiger partial charge on any atom is -0.378 e. The molecule has 1 heterocycles. The van der Waals surface area contributed by atoms with Crippen molar-refractivity contribution in [2.75, 3.05) is 38.1 Å². The summed E-state index contributed by atoms with van der Waals surface area (Å²) in [6, 6.07) is 14.3. The molecule has 0 bridgehead atoms. The molecule has 0 aromatic heterocycles. The van der Waals surface area contributed by atoms with E-state index in [1.165, 1.54) is 11.3 Å². The summed E-state index contributed by atoms with van der Waals surface area (Å²) in [6.07, 6.45) is 0. The van der Waals surface area contributed by atoms with Gasteiger partial charge in [0.25, 0.3) is 0 Å². The summed E-state index contributed by atoms with van der Waals surface area (Å²) in [5.41, 5.74) is 5.34. The molecule has 0 unspecified atom stereocenters. The first kappa shape index (κ1) is 16.1. The van der Waals surface area contributed by atoms with Gasteiger partial charge in [-0.1, -0.05) is 6.07 Å². The Kier molecular flexibility index (Phi) is 4.72. The number of rotatable bonds is 3. The van der Waals surface area contributed by atoms with E-state index < -0.39 is 0 Å². The predicted octanol–water partition coefficient (Wildman–Crippen LogP) is 4.50. The van der Waals surface area contributed by atoms with Crippen molar-refractivity contribution < 1.29 is 0 Å². The molecule has 0 N–H and O–H groups in total. The molecule has 0 amide bonds. The lowest BCUT2D eigenvalue weighted by Gasteiger charge is -2.31. The van der Waals surface area contributed by atoms with Crippen LogP contribution < -0.4 is 9.91 Å². The predicted molar refractivity (Wildman–Crippen MR) is 107 cm³/mol. The maximum atomic E-state index is 4.38. The average molecular weight is 421 g/mol. The quantitative estimate of drug-likeness (QED) is 0.416. The fourth-order valence-corrected chi connectivity index (χ4v) is 4.07. The molecule has 2 aromatic carbocycles. The van der Waals surface area contributed by atoms with Gasteiger partial charge in [0.05, 0.1) is 17.1 Å². The second-order valence-corrected chi connectivity index (χ2v) is 8.11. The first-order chi connectivity index (χ1) is 11.0. The topological polar surface area (TPSA) is 34.4 Å². The van der Waals surface area contributed by atoms with Crippen LogP contribution in [0.2, 0.25) is 0 Å². The Morgan fingerprint density at radius 1 is 0.913 bits per heavy atom. The highest BCUT2D eigenvalue weighted by atomic mass is 127. The van der Waals surface area contributed by atoms with Gasteiger partial charge in [0.1, 0.15) is 0 Å². The number of hydrazine groups is 1. The van der Waals surface area contributed by atoms with E-state index in [9.17, 15) is 0 Å². The van der Waals surface area contributed by atoms with E-state index in [-0.39, 0.29) is 21.0 Å². The minimum atomic E-state index is -0.0649. The average Bonchev–Trinajstić information content (AvgIpc) is 2.57. The third-order valence-corrected chi connectivity index (χ3v) is 6.13. The van der Waals surface area contributed by atoms with Gasteiger partial charge in [-0.05, 0) is 61.4 Å². The van der Waals surface area contributed by atoms with Gasteiger partial charge in [0.15, 0.2) is 0 Å². The van der Waals surface area contributed by atoms with Crippen molar-refractivity contribution in [1.29, 1.82) is 0 Å². The Hall–Kier alpha value is -1.80. The second-order valence-electron chi connectivity index (χ2n) is 5.53. The zero-order valence-corrected chi connectivity index (χ0v) is 15.9. The fraction of sp³-hybridized carbons (Fsp3) is 0.235. The molecule has 0 spiro atoms. The Bertz CT molecular complexity index is 752. The van der Waals surface area contributed by atoms with E-state index in [1.807, 2.05) is 44.4 Å². The first-order valence-electron chi connectivity index (χ1n) is 7.32. The van der Waals surface area contributed by atoms with Gasteiger partial charge in [-0.15, -0.1) is 0 Å². The minimum absolute atomic E-state index is 0.0649. The standard InChI is InChI=1S/C17H20IN5/c1-21(2)16-9-7-14(8-10-16)19-20-15-6-5-13-12-18-23(4)22(3)17(13)11-15/h5-12H,1-4H3. The van der Waals surface area contributed by atoms with Crippen LogP contribution in [0.15, 0.2) is 52.7 Å². The summed E-state index contributed by atoms with van der Waals surface area (Å²) in [6.45, 7) is 0. The van der Waals surface area contributed by atoms with E-state index in [4.69, 9.17) is 0 Å². The Morgan fingerprint density at radius 3 is 2.26 bits per heavy atom. The van der Waals surface area contributed by atoms with E-state index in [1.54, 1.807) is 0 Å². The molecule has 6 heteroatoms. The summed E-state index contributed by atoms with van der Waals surface area (Å²) in [7, 11) is 8.26. The van der Waals surface area contributed by atoms with Crippen LogP contribution in [0, 0.1) is 0 Å². The van der Waals surface area contributed by atoms with E-state index in [0.29, 0.717) is 0 Å². The van der Waals surface area contributed by atoms with Crippen LogP contribution >= 0.6 is 21.0 Å². The molecule has 0 saturated carbocycles. The largest absolute Gasteiger partial charge is 0.378 e. The van der Waals surface area contributed by atoms with Gasteiger partial charge >= 0.3 is 0 Å². The van der Waals surface area contributed by atoms with Crippen molar-refractivity contribution in [1.82, 2.24) is 3.22 Å². The second kappa shape index (κ2) is 6.76. The smallest absolute Gasteiger partial charge is 0.0878 e. The van der Waals surface area contributed by atoms with Gasteiger partial charge in [0, 0.05) is 39.4 Å². The molecule has 120 valence electrons. The maximum Gasteiger partial charge on any atom is 0.0878 e. The molecule has 0 aliphatic carbocycles. The summed E-state index contributed by atoms with van der Waals surface area (Å²) >= 11 is -0.0649. The Morgan fingerprint density at radius 2 is 1.57 bits per heavy atom. The number of nitrogens with zero attached hydrogens (tertiary/aromatic N) is 5. The monoisotopic (exact) mass is 421 g/mol. The van der Waals surface area contributed by atoms with Crippen LogP contribution in [0.1, 0.15) is 5.56 Å². The molecule has 0 radical (unpaired) electrons. The third kappa shape index (κ3) is 3.59. The highest BCUT2D eigenvalue weighted by Crippen LogP contribution is 2.32. The summed E-state index contributed by atoms with van der Waals surface area (Å²) in [5.74, 6) is 0. The van der Waals surface area contributed by atoms with Gasteiger partial charge in [-0.3, -0.25) is 5.01 Å². The number of hydrogen-bond acceptors (Lipinski definition) is 5. The molecular weight excluding hydrogens is 401 g/mol. The molecule has 0 fully saturated rings. The summed E-state index contributed by atoms with van der Waals surface area (Å²) < 4.78 is 4.59. The molecule has 0 atom stereocenters. The van der Waals surface area contributed by atoms with Crippen molar-refractivity contribution in [3.05, 3.63) is 48.0 Å². The van der Waals surface area contributed by atoms with Crippen LogP contribution in [-0.2, 0) is 0 Å². The van der Waals surface area contributed by atoms with Crippen LogP contribution in [0.5, 0.6) is 0 Å².